The summed E-state index contributed by atoms with van der Waals surface area (Å²) < 4.78 is 11.2. The number of piperidine rings is 3. The quantitative estimate of drug-likeness (QED) is 0.905. The first-order valence-corrected chi connectivity index (χ1v) is 10.1. The zero-order valence-corrected chi connectivity index (χ0v) is 15.7. The summed E-state index contributed by atoms with van der Waals surface area (Å²) >= 11 is 0. The van der Waals surface area contributed by atoms with Gasteiger partial charge in [-0.15, -0.1) is 0 Å². The number of nitrogens with zero attached hydrogens (tertiary/aromatic N) is 3. The van der Waals surface area contributed by atoms with Gasteiger partial charge in [-0.05, 0) is 56.5 Å². The molecule has 4 saturated heterocycles. The summed E-state index contributed by atoms with van der Waals surface area (Å²) in [7, 11) is 0. The first kappa shape index (κ1) is 16.0. The van der Waals surface area contributed by atoms with Crippen molar-refractivity contribution in [3.05, 3.63) is 41.5 Å². The van der Waals surface area contributed by atoms with Crippen LogP contribution in [0.15, 0.2) is 24.5 Å². The van der Waals surface area contributed by atoms with Crippen molar-refractivity contribution in [2.24, 2.45) is 5.92 Å². The van der Waals surface area contributed by atoms with Crippen molar-refractivity contribution in [2.75, 3.05) is 26.4 Å². The molecule has 1 aromatic carbocycles. The van der Waals surface area contributed by atoms with E-state index in [2.05, 4.69) is 44.9 Å². The number of H-pyrrole nitrogens is 1. The first-order valence-electron chi connectivity index (χ1n) is 10.1. The molecule has 5 aliphatic heterocycles. The summed E-state index contributed by atoms with van der Waals surface area (Å²) in [6.45, 7) is 7.01. The van der Waals surface area contributed by atoms with Gasteiger partial charge in [0.15, 0.2) is 11.5 Å². The number of aryl methyl sites for hydroxylation is 1. The maximum absolute atomic E-state index is 5.66. The smallest absolute Gasteiger partial charge is 0.231 e. The molecule has 0 unspecified atom stereocenters. The first-order chi connectivity index (χ1) is 13.3. The number of imidazole rings is 1. The summed E-state index contributed by atoms with van der Waals surface area (Å²) in [6.07, 6.45) is 4.50. The molecule has 0 spiro atoms. The van der Waals surface area contributed by atoms with Gasteiger partial charge in [0.1, 0.15) is 0 Å². The molecule has 2 aromatic rings. The number of benzene rings is 1. The van der Waals surface area contributed by atoms with E-state index in [1.165, 1.54) is 42.9 Å². The number of hydrogen-bond donors (Lipinski definition) is 1. The van der Waals surface area contributed by atoms with Crippen LogP contribution in [0, 0.1) is 12.8 Å². The molecule has 4 fully saturated rings. The Labute approximate surface area is 159 Å². The molecule has 0 saturated carbocycles. The van der Waals surface area contributed by atoms with Crippen LogP contribution in [0.2, 0.25) is 0 Å². The van der Waals surface area contributed by atoms with Crippen LogP contribution in [0.5, 0.6) is 11.5 Å². The Hall–Kier alpha value is -2.05. The average molecular weight is 366 g/mol. The Morgan fingerprint density at radius 1 is 1.15 bits per heavy atom. The molecule has 6 nitrogen and oxygen atoms in total. The summed E-state index contributed by atoms with van der Waals surface area (Å²) in [5, 5.41) is 0. The molecule has 5 aliphatic rings. The lowest BCUT2D eigenvalue weighted by atomic mass is 9.75. The van der Waals surface area contributed by atoms with Gasteiger partial charge in [-0.1, -0.05) is 6.07 Å². The molecular weight excluding hydrogens is 340 g/mol. The Bertz CT molecular complexity index is 858. The van der Waals surface area contributed by atoms with Crippen molar-refractivity contribution in [3.8, 4) is 11.5 Å². The largest absolute Gasteiger partial charge is 0.454 e. The third kappa shape index (κ3) is 2.43. The van der Waals surface area contributed by atoms with Gasteiger partial charge in [0, 0.05) is 36.8 Å². The zero-order chi connectivity index (χ0) is 18.0. The third-order valence-electron chi connectivity index (χ3n) is 7.21. The number of aromatic nitrogens is 2. The Morgan fingerprint density at radius 3 is 2.81 bits per heavy atom. The summed E-state index contributed by atoms with van der Waals surface area (Å²) in [6, 6.07) is 7.80. The molecule has 0 amide bonds. The molecule has 7 rings (SSSR count). The predicted octanol–water partition coefficient (Wildman–Crippen LogP) is 2.51. The SMILES string of the molecule is Cc1[nH]cnc1CN1C[C@@H](c2ccc3c(c2)OCO3)[C@@H]2[C@H]1C1CCN2CC1. The van der Waals surface area contributed by atoms with Crippen LogP contribution in [0.3, 0.4) is 0 Å². The van der Waals surface area contributed by atoms with Crippen LogP contribution in [-0.2, 0) is 6.54 Å². The van der Waals surface area contributed by atoms with E-state index in [0.29, 0.717) is 24.8 Å². The molecule has 27 heavy (non-hydrogen) atoms. The summed E-state index contributed by atoms with van der Waals surface area (Å²) in [4.78, 5) is 13.3. The standard InChI is InChI=1S/C21H26N4O2/c1-13-17(23-11-22-13)10-25-9-16(15-2-3-18-19(8-15)27-12-26-18)21-20(25)14-4-6-24(21)7-5-14/h2-3,8,11,14,16,20-21H,4-7,9-10,12H2,1H3,(H,22,23)/t16-,20+,21+/m0/s1. The van der Waals surface area contributed by atoms with E-state index in [1.54, 1.807) is 0 Å². The molecule has 1 aromatic heterocycles. The minimum Gasteiger partial charge on any atom is -0.454 e. The van der Waals surface area contributed by atoms with E-state index >= 15 is 0 Å². The second-order valence-corrected chi connectivity index (χ2v) is 8.48. The normalized spacial score (nSPS) is 34.2. The topological polar surface area (TPSA) is 53.6 Å². The van der Waals surface area contributed by atoms with Gasteiger partial charge in [0.25, 0.3) is 0 Å². The van der Waals surface area contributed by atoms with Crippen molar-refractivity contribution in [2.45, 2.75) is 44.3 Å². The van der Waals surface area contributed by atoms with Crippen LogP contribution in [0.1, 0.15) is 35.7 Å². The number of rotatable bonds is 3. The molecule has 6 heteroatoms. The van der Waals surface area contributed by atoms with Crippen molar-refractivity contribution < 1.29 is 9.47 Å². The molecule has 0 aliphatic carbocycles. The lowest BCUT2D eigenvalue weighted by Gasteiger charge is -2.51. The molecule has 0 radical (unpaired) electrons. The zero-order valence-electron chi connectivity index (χ0n) is 15.7. The molecule has 1 N–H and O–H groups in total. The van der Waals surface area contributed by atoms with Gasteiger partial charge >= 0.3 is 0 Å². The van der Waals surface area contributed by atoms with E-state index in [1.807, 2.05) is 6.33 Å². The number of fused-ring (bicyclic) bond motifs is 3. The van der Waals surface area contributed by atoms with Crippen molar-refractivity contribution in [1.82, 2.24) is 19.8 Å². The molecule has 2 bridgehead atoms. The van der Waals surface area contributed by atoms with E-state index in [9.17, 15) is 0 Å². The van der Waals surface area contributed by atoms with Crippen LogP contribution >= 0.6 is 0 Å². The summed E-state index contributed by atoms with van der Waals surface area (Å²) in [5.41, 5.74) is 3.78. The Balaban J connectivity index is 1.36. The van der Waals surface area contributed by atoms with Gasteiger partial charge in [-0.2, -0.15) is 0 Å². The minimum atomic E-state index is 0.342. The highest BCUT2D eigenvalue weighted by atomic mass is 16.7. The monoisotopic (exact) mass is 366 g/mol. The minimum absolute atomic E-state index is 0.342. The fourth-order valence-corrected chi connectivity index (χ4v) is 5.90. The maximum Gasteiger partial charge on any atom is 0.231 e. The van der Waals surface area contributed by atoms with Gasteiger partial charge < -0.3 is 14.5 Å². The number of aromatic amines is 1. The fourth-order valence-electron chi connectivity index (χ4n) is 5.90. The third-order valence-corrected chi connectivity index (χ3v) is 7.21. The van der Waals surface area contributed by atoms with Gasteiger partial charge in [-0.25, -0.2) is 4.98 Å². The number of ether oxygens (including phenoxy) is 2. The second kappa shape index (κ2) is 5.97. The van der Waals surface area contributed by atoms with Crippen LogP contribution in [0.25, 0.3) is 0 Å². The van der Waals surface area contributed by atoms with Crippen LogP contribution in [-0.4, -0.2) is 58.3 Å². The maximum atomic E-state index is 5.66. The van der Waals surface area contributed by atoms with Crippen molar-refractivity contribution in [1.29, 1.82) is 0 Å². The number of hydrogen-bond acceptors (Lipinski definition) is 5. The lowest BCUT2D eigenvalue weighted by molar-refractivity contribution is -0.00900. The highest BCUT2D eigenvalue weighted by Gasteiger charge is 2.53. The van der Waals surface area contributed by atoms with Crippen molar-refractivity contribution >= 4 is 0 Å². The van der Waals surface area contributed by atoms with Crippen LogP contribution < -0.4 is 9.47 Å². The number of nitrogens with one attached hydrogen (secondary N) is 1. The lowest BCUT2D eigenvalue weighted by Crippen LogP contribution is -2.60. The number of likely N-dealkylation sites (tertiary alicyclic amines) is 1. The van der Waals surface area contributed by atoms with E-state index in [4.69, 9.17) is 9.47 Å². The predicted molar refractivity (Wildman–Crippen MR) is 101 cm³/mol. The van der Waals surface area contributed by atoms with Gasteiger partial charge in [-0.3, -0.25) is 9.80 Å². The fraction of sp³-hybridized carbons (Fsp3) is 0.571. The molecular formula is C21H26N4O2. The van der Waals surface area contributed by atoms with Crippen LogP contribution in [0.4, 0.5) is 0 Å². The Kier molecular flexibility index (Phi) is 3.53. The second-order valence-electron chi connectivity index (χ2n) is 8.48. The van der Waals surface area contributed by atoms with Crippen molar-refractivity contribution in [3.63, 3.8) is 0 Å². The summed E-state index contributed by atoms with van der Waals surface area (Å²) in [5.74, 6) is 3.12. The molecule has 142 valence electrons. The van der Waals surface area contributed by atoms with E-state index in [0.717, 1.165) is 30.5 Å². The van der Waals surface area contributed by atoms with E-state index in [-0.39, 0.29) is 0 Å². The average Bonchev–Trinajstić information content (AvgIpc) is 3.42. The van der Waals surface area contributed by atoms with Gasteiger partial charge in [0.2, 0.25) is 6.79 Å². The van der Waals surface area contributed by atoms with E-state index < -0.39 is 0 Å². The highest BCUT2D eigenvalue weighted by Crippen LogP contribution is 2.48. The highest BCUT2D eigenvalue weighted by molar-refractivity contribution is 5.46. The molecule has 3 atom stereocenters. The van der Waals surface area contributed by atoms with Gasteiger partial charge in [0.05, 0.1) is 12.0 Å². The molecule has 6 heterocycles. The Morgan fingerprint density at radius 2 is 2.00 bits per heavy atom.